The Morgan fingerprint density at radius 2 is 1.50 bits per heavy atom. The predicted octanol–water partition coefficient (Wildman–Crippen LogP) is -2.50. The third kappa shape index (κ3) is 1.73. The van der Waals surface area contributed by atoms with E-state index in [2.05, 4.69) is 0 Å². The van der Waals surface area contributed by atoms with Gasteiger partial charge >= 0.3 is 0 Å². The van der Waals surface area contributed by atoms with E-state index in [-0.39, 0.29) is 6.61 Å². The molecule has 0 aromatic rings. The van der Waals surface area contributed by atoms with Gasteiger partial charge in [0.05, 0.1) is 18.0 Å². The van der Waals surface area contributed by atoms with Gasteiger partial charge in [0.25, 0.3) is 0 Å². The first kappa shape index (κ1) is 10.2. The van der Waals surface area contributed by atoms with Gasteiger partial charge in [-0.25, -0.2) is 0 Å². The van der Waals surface area contributed by atoms with Gasteiger partial charge in [-0.3, -0.25) is 0 Å². The highest BCUT2D eigenvalue weighted by atomic mass is 32.2. The second-order valence-electron chi connectivity index (χ2n) is 2.72. The molecule has 1 unspecified atom stereocenters. The quantitative estimate of drug-likeness (QED) is 0.318. The molecule has 1 aliphatic rings. The van der Waals surface area contributed by atoms with Crippen molar-refractivity contribution in [3.8, 4) is 0 Å². The largest absolute Gasteiger partial charge is 0.395 e. The normalized spacial score (nSPS) is 49.2. The molecule has 0 aliphatic carbocycles. The molecule has 1 rings (SSSR count). The van der Waals surface area contributed by atoms with E-state index in [9.17, 15) is 5.11 Å². The number of aliphatic hydroxyl groups is 5. The Kier molecular flexibility index (Phi) is 3.33. The number of hydrogen-bond donors (Lipinski definition) is 5. The van der Waals surface area contributed by atoms with Crippen molar-refractivity contribution in [3.63, 3.8) is 0 Å². The van der Waals surface area contributed by atoms with E-state index in [1.807, 2.05) is 0 Å². The van der Waals surface area contributed by atoms with Crippen LogP contribution in [0.2, 0.25) is 0 Å². The fourth-order valence-electron chi connectivity index (χ4n) is 1.08. The van der Waals surface area contributed by atoms with Gasteiger partial charge < -0.3 is 25.5 Å². The maximum Gasteiger partial charge on any atom is 0.128 e. The third-order valence-corrected chi connectivity index (χ3v) is 3.20. The fourth-order valence-corrected chi connectivity index (χ4v) is 2.17. The molecule has 1 fully saturated rings. The van der Waals surface area contributed by atoms with Crippen LogP contribution in [0, 0.1) is 0 Å². The van der Waals surface area contributed by atoms with Crippen molar-refractivity contribution in [1.82, 2.24) is 0 Å². The number of hydrogen-bond acceptors (Lipinski definition) is 6. The fraction of sp³-hybridized carbons (Fsp3) is 1.00. The Morgan fingerprint density at radius 1 is 0.917 bits per heavy atom. The van der Waals surface area contributed by atoms with Gasteiger partial charge in [-0.2, -0.15) is 0 Å². The van der Waals surface area contributed by atoms with Gasteiger partial charge in [0.2, 0.25) is 0 Å². The molecule has 0 saturated carbocycles. The van der Waals surface area contributed by atoms with E-state index in [1.54, 1.807) is 0 Å². The van der Waals surface area contributed by atoms with Crippen LogP contribution in [0.5, 0.6) is 0 Å². The summed E-state index contributed by atoms with van der Waals surface area (Å²) in [5.41, 5.74) is -1.15. The summed E-state index contributed by atoms with van der Waals surface area (Å²) in [5, 5.41) is 44.6. The summed E-state index contributed by atoms with van der Waals surface area (Å²) in [7, 11) is 0. The maximum atomic E-state index is 9.22. The van der Waals surface area contributed by atoms with Gasteiger partial charge in [0.1, 0.15) is 17.6 Å². The monoisotopic (exact) mass is 196 g/mol. The molecule has 0 amide bonds. The van der Waals surface area contributed by atoms with Gasteiger partial charge in [-0.1, -0.05) is 0 Å². The van der Waals surface area contributed by atoms with E-state index >= 15 is 0 Å². The molecule has 72 valence electrons. The highest BCUT2D eigenvalue weighted by Crippen LogP contribution is 2.30. The van der Waals surface area contributed by atoms with Crippen molar-refractivity contribution in [2.75, 3.05) is 6.61 Å². The molecule has 0 aromatic heterocycles. The number of rotatable bonds is 1. The zero-order valence-corrected chi connectivity index (χ0v) is 7.05. The first-order chi connectivity index (χ1) is 5.57. The molecule has 12 heavy (non-hydrogen) atoms. The summed E-state index contributed by atoms with van der Waals surface area (Å²) < 4.78 is 0. The summed E-state index contributed by atoms with van der Waals surface area (Å²) in [4.78, 5) is 0. The van der Waals surface area contributed by atoms with Crippen molar-refractivity contribution >= 4 is 11.8 Å². The first-order valence-corrected chi connectivity index (χ1v) is 4.50. The summed E-state index contributed by atoms with van der Waals surface area (Å²) in [6.07, 6.45) is -3.94. The molecule has 0 bridgehead atoms. The Morgan fingerprint density at radius 3 is 2.00 bits per heavy atom. The third-order valence-electron chi connectivity index (χ3n) is 1.87. The highest BCUT2D eigenvalue weighted by Gasteiger charge is 2.42. The number of thioether (sulfide) groups is 1. The van der Waals surface area contributed by atoms with Crippen LogP contribution in [0.3, 0.4) is 0 Å². The highest BCUT2D eigenvalue weighted by molar-refractivity contribution is 8.00. The Bertz CT molecular complexity index is 150. The van der Waals surface area contributed by atoms with Crippen molar-refractivity contribution < 1.29 is 25.5 Å². The lowest BCUT2D eigenvalue weighted by molar-refractivity contribution is -0.0953. The van der Waals surface area contributed by atoms with E-state index < -0.39 is 29.0 Å². The lowest BCUT2D eigenvalue weighted by Gasteiger charge is -2.36. The van der Waals surface area contributed by atoms with Crippen LogP contribution in [0.15, 0.2) is 0 Å². The summed E-state index contributed by atoms with van der Waals surface area (Å²) >= 11 is 0.852. The molecule has 1 aliphatic heterocycles. The lowest BCUT2D eigenvalue weighted by atomic mass is 10.0. The van der Waals surface area contributed by atoms with Gasteiger partial charge in [-0.05, 0) is 0 Å². The van der Waals surface area contributed by atoms with Gasteiger partial charge in [0.15, 0.2) is 0 Å². The molecule has 0 aromatic carbocycles. The zero-order valence-electron chi connectivity index (χ0n) is 6.24. The van der Waals surface area contributed by atoms with Crippen LogP contribution >= 0.6 is 11.8 Å². The van der Waals surface area contributed by atoms with Gasteiger partial charge in [0, 0.05) is 0 Å². The van der Waals surface area contributed by atoms with Crippen LogP contribution in [-0.4, -0.2) is 61.1 Å². The molecule has 5 N–H and O–H groups in total. The SMILES string of the molecule is OC[C@H]1SC(O)[C@H](O)[C@@H](O)[C@H]1O. The smallest absolute Gasteiger partial charge is 0.128 e. The van der Waals surface area contributed by atoms with Crippen molar-refractivity contribution in [1.29, 1.82) is 0 Å². The summed E-state index contributed by atoms with van der Waals surface area (Å²) in [6, 6.07) is 0. The lowest BCUT2D eigenvalue weighted by Crippen LogP contribution is -2.53. The Labute approximate surface area is 73.7 Å². The van der Waals surface area contributed by atoms with Crippen LogP contribution in [0.4, 0.5) is 0 Å². The molecule has 5 atom stereocenters. The first-order valence-electron chi connectivity index (χ1n) is 3.56. The van der Waals surface area contributed by atoms with Crippen molar-refractivity contribution in [2.45, 2.75) is 29.0 Å². The molecule has 6 heteroatoms. The van der Waals surface area contributed by atoms with Crippen LogP contribution in [0.1, 0.15) is 0 Å². The second kappa shape index (κ2) is 3.91. The van der Waals surface area contributed by atoms with Crippen molar-refractivity contribution in [2.24, 2.45) is 0 Å². The molecule has 5 nitrogen and oxygen atoms in total. The predicted molar refractivity (Wildman–Crippen MR) is 42.5 cm³/mol. The zero-order chi connectivity index (χ0) is 9.30. The molecule has 1 saturated heterocycles. The summed E-state index contributed by atoms with van der Waals surface area (Å²) in [5.74, 6) is 0. The van der Waals surface area contributed by atoms with Gasteiger partial charge in [-0.15, -0.1) is 11.8 Å². The maximum absolute atomic E-state index is 9.22. The van der Waals surface area contributed by atoms with E-state index in [1.165, 1.54) is 0 Å². The van der Waals surface area contributed by atoms with E-state index in [0.29, 0.717) is 0 Å². The second-order valence-corrected chi connectivity index (χ2v) is 4.08. The Hall–Kier alpha value is 0.150. The number of aliphatic hydroxyl groups excluding tert-OH is 5. The molecule has 0 radical (unpaired) electrons. The van der Waals surface area contributed by atoms with Crippen LogP contribution < -0.4 is 0 Å². The van der Waals surface area contributed by atoms with Crippen molar-refractivity contribution in [3.05, 3.63) is 0 Å². The molecular formula is C6H12O5S. The van der Waals surface area contributed by atoms with E-state index in [0.717, 1.165) is 11.8 Å². The Balaban J connectivity index is 2.63. The average molecular weight is 196 g/mol. The minimum Gasteiger partial charge on any atom is -0.395 e. The summed E-state index contributed by atoms with van der Waals surface area (Å²) in [6.45, 7) is -0.341. The average Bonchev–Trinajstić information content (AvgIpc) is 2.08. The van der Waals surface area contributed by atoms with E-state index in [4.69, 9.17) is 20.4 Å². The van der Waals surface area contributed by atoms with Crippen LogP contribution in [0.25, 0.3) is 0 Å². The minimum absolute atomic E-state index is 0.341. The molecule has 0 spiro atoms. The standard InChI is InChI=1S/C6H12O5S/c7-1-2-3(8)4(9)5(10)6(11)12-2/h2-11H,1H2/t2-,3+,4+,5-,6?/m1/s1. The molecule has 1 heterocycles. The van der Waals surface area contributed by atoms with Crippen LogP contribution in [-0.2, 0) is 0 Å². The topological polar surface area (TPSA) is 101 Å². The molecular weight excluding hydrogens is 184 g/mol. The minimum atomic E-state index is -1.39.